The molecule has 2 aliphatic rings. The molecule has 8 bridgehead atoms. The molecule has 4 aromatic rings. The molecule has 153 valence electrons. The average Bonchev–Trinajstić information content (AvgIpc) is 3.56. The quantitative estimate of drug-likeness (QED) is 0.276. The number of nitrogens with zero attached hydrogens (tertiary/aromatic N) is 2. The van der Waals surface area contributed by atoms with Crippen molar-refractivity contribution in [2.24, 2.45) is 0 Å². The molecule has 1 aromatic carbocycles. The summed E-state index contributed by atoms with van der Waals surface area (Å²) in [6.07, 6.45) is 8.05. The van der Waals surface area contributed by atoms with Crippen molar-refractivity contribution >= 4 is 46.4 Å². The van der Waals surface area contributed by atoms with Gasteiger partial charge in [0.2, 0.25) is 0 Å². The first-order valence-electron chi connectivity index (χ1n) is 9.76. The van der Waals surface area contributed by atoms with Crippen LogP contribution in [0.3, 0.4) is 0 Å². The van der Waals surface area contributed by atoms with Gasteiger partial charge in [-0.3, -0.25) is 0 Å². The van der Waals surface area contributed by atoms with Gasteiger partial charge in [-0.15, -0.1) is 0 Å². The zero-order chi connectivity index (χ0) is 20.2. The normalized spacial score (nSPS) is 11.4. The van der Waals surface area contributed by atoms with Crippen molar-refractivity contribution in [1.29, 1.82) is 0 Å². The maximum atomic E-state index is 4.62. The number of nitrogens with one attached hydrogen (secondary N) is 2. The molecule has 0 fully saturated rings. The van der Waals surface area contributed by atoms with Gasteiger partial charge in [-0.2, -0.15) is 36.4 Å². The molecule has 4 nitrogen and oxygen atoms in total. The summed E-state index contributed by atoms with van der Waals surface area (Å²) >= 11 is 0. The van der Waals surface area contributed by atoms with E-state index >= 15 is 0 Å². The van der Waals surface area contributed by atoms with Gasteiger partial charge in [0.1, 0.15) is 0 Å². The molecule has 2 aliphatic heterocycles. The third-order valence-electron chi connectivity index (χ3n) is 4.65. The van der Waals surface area contributed by atoms with E-state index in [-0.39, 0.29) is 16.8 Å². The van der Waals surface area contributed by atoms with Crippen LogP contribution in [0.5, 0.6) is 0 Å². The number of benzene rings is 1. The van der Waals surface area contributed by atoms with E-state index in [1.165, 1.54) is 0 Å². The summed E-state index contributed by atoms with van der Waals surface area (Å²) in [6, 6.07) is 28.9. The topological polar surface area (TPSA) is 57.4 Å². The number of aromatic amines is 2. The fourth-order valence-corrected chi connectivity index (χ4v) is 3.29. The molecule has 0 spiro atoms. The summed E-state index contributed by atoms with van der Waals surface area (Å²) < 4.78 is 0. The van der Waals surface area contributed by atoms with Crippen molar-refractivity contribution in [2.45, 2.75) is 0 Å². The van der Waals surface area contributed by atoms with Crippen LogP contribution < -0.4 is 0 Å². The largest absolute Gasteiger partial charge is 0.355 e. The molecule has 2 N–H and O–H groups in total. The average molecular weight is 446 g/mol. The maximum Gasteiger partial charge on any atom is 0.0659 e. The van der Waals surface area contributed by atoms with Crippen LogP contribution in [0.25, 0.3) is 46.4 Å². The Morgan fingerprint density at radius 3 is 1.32 bits per heavy atom. The van der Waals surface area contributed by atoms with E-state index in [1.54, 1.807) is 0 Å². The Balaban J connectivity index is 0.000000288. The fourth-order valence-electron chi connectivity index (χ4n) is 3.29. The standard InChI is InChI=1S/C20H14N4.C6H5.Co/c1-2-14-10-16-5-6-18(23-16)12-20-8-7-19(24-20)11-17-4-3-15(22-17)9-13(1)21-14;1-2-4-6-5-3-1;/h1-12,21-22H;1-5H;/q;-1;. The third-order valence-corrected chi connectivity index (χ3v) is 4.65. The first-order valence-corrected chi connectivity index (χ1v) is 9.76. The van der Waals surface area contributed by atoms with Crippen LogP contribution in [0.2, 0.25) is 0 Å². The molecule has 1 radical (unpaired) electrons. The first-order chi connectivity index (χ1) is 14.8. The van der Waals surface area contributed by atoms with E-state index in [0.717, 1.165) is 44.8 Å². The van der Waals surface area contributed by atoms with Crippen LogP contribution in [0, 0.1) is 6.07 Å². The van der Waals surface area contributed by atoms with Crippen LogP contribution in [-0.2, 0) is 16.8 Å². The molecule has 5 heterocycles. The van der Waals surface area contributed by atoms with E-state index in [4.69, 9.17) is 0 Å². The third kappa shape index (κ3) is 5.28. The predicted molar refractivity (Wildman–Crippen MR) is 124 cm³/mol. The van der Waals surface area contributed by atoms with Gasteiger partial charge < -0.3 is 9.97 Å². The minimum atomic E-state index is 0. The Hall–Kier alpha value is -3.67. The summed E-state index contributed by atoms with van der Waals surface area (Å²) in [5.41, 5.74) is 7.86. The predicted octanol–water partition coefficient (Wildman–Crippen LogP) is 6.14. The van der Waals surface area contributed by atoms with Gasteiger partial charge in [-0.25, -0.2) is 9.97 Å². The van der Waals surface area contributed by atoms with Gasteiger partial charge >= 0.3 is 0 Å². The van der Waals surface area contributed by atoms with E-state index in [0.29, 0.717) is 0 Å². The Kier molecular flexibility index (Phi) is 6.26. The molecular weight excluding hydrogens is 427 g/mol. The van der Waals surface area contributed by atoms with Crippen molar-refractivity contribution in [1.82, 2.24) is 19.9 Å². The number of H-pyrrole nitrogens is 2. The number of aromatic nitrogens is 4. The van der Waals surface area contributed by atoms with E-state index in [1.807, 2.05) is 72.8 Å². The Morgan fingerprint density at radius 1 is 0.516 bits per heavy atom. The van der Waals surface area contributed by atoms with Crippen molar-refractivity contribution in [3.63, 3.8) is 0 Å². The van der Waals surface area contributed by atoms with Crippen molar-refractivity contribution < 1.29 is 16.8 Å². The van der Waals surface area contributed by atoms with Crippen molar-refractivity contribution in [2.75, 3.05) is 0 Å². The fraction of sp³-hybridized carbons (Fsp3) is 0. The van der Waals surface area contributed by atoms with Crippen molar-refractivity contribution in [3.8, 4) is 0 Å². The van der Waals surface area contributed by atoms with Crippen LogP contribution in [0.15, 0.2) is 78.9 Å². The summed E-state index contributed by atoms with van der Waals surface area (Å²) in [4.78, 5) is 16.0. The molecule has 0 unspecified atom stereocenters. The summed E-state index contributed by atoms with van der Waals surface area (Å²) in [6.45, 7) is 0. The molecule has 0 aliphatic carbocycles. The van der Waals surface area contributed by atoms with Crippen LogP contribution in [0.1, 0.15) is 22.8 Å². The van der Waals surface area contributed by atoms with Gasteiger partial charge in [0, 0.05) is 38.8 Å². The smallest absolute Gasteiger partial charge is 0.0659 e. The summed E-state index contributed by atoms with van der Waals surface area (Å²) in [5.74, 6) is 0. The van der Waals surface area contributed by atoms with Crippen LogP contribution in [-0.4, -0.2) is 19.9 Å². The van der Waals surface area contributed by atoms with Gasteiger partial charge in [0.05, 0.1) is 22.8 Å². The Bertz CT molecular complexity index is 1280. The van der Waals surface area contributed by atoms with E-state index in [9.17, 15) is 0 Å². The molecule has 3 aromatic heterocycles. The Morgan fingerprint density at radius 2 is 0.935 bits per heavy atom. The van der Waals surface area contributed by atoms with Crippen LogP contribution >= 0.6 is 0 Å². The minimum absolute atomic E-state index is 0. The Labute approximate surface area is 190 Å². The number of hydrogen-bond acceptors (Lipinski definition) is 2. The molecule has 31 heavy (non-hydrogen) atoms. The molecule has 0 saturated carbocycles. The van der Waals surface area contributed by atoms with Crippen LogP contribution in [0.4, 0.5) is 0 Å². The second kappa shape index (κ2) is 9.43. The monoisotopic (exact) mass is 446 g/mol. The van der Waals surface area contributed by atoms with Crippen molar-refractivity contribution in [3.05, 3.63) is 108 Å². The number of rotatable bonds is 0. The first kappa shape index (κ1) is 20.6. The summed E-state index contributed by atoms with van der Waals surface area (Å²) in [7, 11) is 0. The molecule has 0 saturated heterocycles. The van der Waals surface area contributed by atoms with Gasteiger partial charge in [-0.1, -0.05) is 0 Å². The SMILES string of the molecule is C1=Cc2cc3ccc(cc4ccc(cc5nc(cc1n2)C=C5)[nH]4)[nH]3.[Co].[c-]1ccccc1. The van der Waals surface area contributed by atoms with Gasteiger partial charge in [0.25, 0.3) is 0 Å². The van der Waals surface area contributed by atoms with E-state index < -0.39 is 0 Å². The number of hydrogen-bond donors (Lipinski definition) is 2. The van der Waals surface area contributed by atoms with Gasteiger partial charge in [-0.05, 0) is 72.8 Å². The minimum Gasteiger partial charge on any atom is -0.355 e. The van der Waals surface area contributed by atoms with Gasteiger partial charge in [0.15, 0.2) is 0 Å². The molecule has 6 rings (SSSR count). The zero-order valence-corrected chi connectivity index (χ0v) is 17.6. The molecule has 0 atom stereocenters. The molecule has 5 heteroatoms. The maximum absolute atomic E-state index is 4.62. The molecular formula is C26H19CoN4-. The number of fused-ring (bicyclic) bond motifs is 8. The second-order valence-electron chi connectivity index (χ2n) is 6.98. The second-order valence-corrected chi connectivity index (χ2v) is 6.98. The summed E-state index contributed by atoms with van der Waals surface area (Å²) in [5, 5.41) is 0. The zero-order valence-electron chi connectivity index (χ0n) is 16.5. The molecule has 0 amide bonds. The van der Waals surface area contributed by atoms with E-state index in [2.05, 4.69) is 56.3 Å².